The summed E-state index contributed by atoms with van der Waals surface area (Å²) in [5.41, 5.74) is 0. The molecule has 1 unspecified atom stereocenters. The second-order valence-electron chi connectivity index (χ2n) is 5.70. The van der Waals surface area contributed by atoms with Crippen LogP contribution in [0.1, 0.15) is 42.0 Å². The fraction of sp³-hybridized carbons (Fsp3) is 0.625. The van der Waals surface area contributed by atoms with E-state index in [1.807, 2.05) is 0 Å². The second-order valence-corrected chi connectivity index (χ2v) is 5.70. The van der Waals surface area contributed by atoms with Gasteiger partial charge in [0.2, 0.25) is 0 Å². The lowest BCUT2D eigenvalue weighted by Crippen LogP contribution is -2.37. The summed E-state index contributed by atoms with van der Waals surface area (Å²) in [5, 5.41) is 5.26. The minimum absolute atomic E-state index is 0.157. The molecule has 0 radical (unpaired) electrons. The zero-order valence-corrected chi connectivity index (χ0v) is 13.8. The van der Waals surface area contributed by atoms with Crippen LogP contribution in [0.4, 0.5) is 4.79 Å². The number of carbonyl (C=O) groups excluding carboxylic acids is 2. The molecular formula is C16H25N3O4. The number of amides is 3. The average Bonchev–Trinajstić information content (AvgIpc) is 3.23. The smallest absolute Gasteiger partial charge is 0.317 e. The van der Waals surface area contributed by atoms with Crippen molar-refractivity contribution in [2.75, 3.05) is 27.2 Å². The van der Waals surface area contributed by atoms with E-state index < -0.39 is 0 Å². The topological polar surface area (TPSA) is 83.8 Å². The summed E-state index contributed by atoms with van der Waals surface area (Å²) in [4.78, 5) is 25.0. The molecule has 1 aromatic heterocycles. The molecule has 3 amide bonds. The van der Waals surface area contributed by atoms with Gasteiger partial charge in [-0.05, 0) is 37.8 Å². The first kappa shape index (κ1) is 17.3. The van der Waals surface area contributed by atoms with Gasteiger partial charge in [0.1, 0.15) is 5.76 Å². The number of nitrogens with one attached hydrogen (secondary N) is 2. The van der Waals surface area contributed by atoms with Crippen molar-refractivity contribution >= 4 is 11.9 Å². The molecule has 1 aliphatic rings. The van der Waals surface area contributed by atoms with Crippen molar-refractivity contribution < 1.29 is 18.7 Å². The molecule has 1 fully saturated rings. The zero-order valence-electron chi connectivity index (χ0n) is 13.8. The van der Waals surface area contributed by atoms with Crippen molar-refractivity contribution in [3.05, 3.63) is 23.7 Å². The van der Waals surface area contributed by atoms with Gasteiger partial charge in [0.25, 0.3) is 5.91 Å². The third kappa shape index (κ3) is 5.28. The summed E-state index contributed by atoms with van der Waals surface area (Å²) in [6.07, 6.45) is 4.55. The van der Waals surface area contributed by atoms with E-state index in [9.17, 15) is 9.59 Å². The number of urea groups is 1. The summed E-state index contributed by atoms with van der Waals surface area (Å²) in [7, 11) is 3.31. The van der Waals surface area contributed by atoms with Crippen molar-refractivity contribution in [2.45, 2.75) is 38.3 Å². The van der Waals surface area contributed by atoms with Gasteiger partial charge in [0, 0.05) is 27.2 Å². The van der Waals surface area contributed by atoms with Crippen molar-refractivity contribution in [2.24, 2.45) is 0 Å². The normalized spacial score (nSPS) is 17.0. The molecule has 0 aliphatic carbocycles. The van der Waals surface area contributed by atoms with Crippen LogP contribution in [0.15, 0.2) is 16.5 Å². The Morgan fingerprint density at radius 1 is 1.39 bits per heavy atom. The molecular weight excluding hydrogens is 298 g/mol. The minimum Gasteiger partial charge on any atom is -0.454 e. The van der Waals surface area contributed by atoms with Gasteiger partial charge in [-0.3, -0.25) is 4.79 Å². The molecule has 23 heavy (non-hydrogen) atoms. The van der Waals surface area contributed by atoms with Crippen LogP contribution < -0.4 is 10.6 Å². The Bertz CT molecular complexity index is 523. The zero-order chi connectivity index (χ0) is 16.7. The maximum Gasteiger partial charge on any atom is 0.317 e. The second kappa shape index (κ2) is 8.57. The highest BCUT2D eigenvalue weighted by Gasteiger charge is 2.16. The molecule has 0 bridgehead atoms. The quantitative estimate of drug-likeness (QED) is 0.800. The fourth-order valence-electron chi connectivity index (χ4n) is 2.55. The third-order valence-corrected chi connectivity index (χ3v) is 3.92. The average molecular weight is 323 g/mol. The lowest BCUT2D eigenvalue weighted by molar-refractivity contribution is 0.0933. The Balaban J connectivity index is 1.66. The van der Waals surface area contributed by atoms with Gasteiger partial charge in [-0.15, -0.1) is 0 Å². The molecule has 7 heteroatoms. The van der Waals surface area contributed by atoms with Gasteiger partial charge in [-0.2, -0.15) is 0 Å². The maximum atomic E-state index is 12.0. The van der Waals surface area contributed by atoms with E-state index in [2.05, 4.69) is 10.6 Å². The van der Waals surface area contributed by atoms with E-state index >= 15 is 0 Å². The Morgan fingerprint density at radius 2 is 2.22 bits per heavy atom. The summed E-state index contributed by atoms with van der Waals surface area (Å²) >= 11 is 0. The van der Waals surface area contributed by atoms with E-state index in [1.54, 1.807) is 24.1 Å². The largest absolute Gasteiger partial charge is 0.454 e. The van der Waals surface area contributed by atoms with Crippen molar-refractivity contribution in [3.8, 4) is 0 Å². The van der Waals surface area contributed by atoms with Crippen LogP contribution in [0.25, 0.3) is 0 Å². The van der Waals surface area contributed by atoms with Crippen LogP contribution in [0.5, 0.6) is 0 Å². The highest BCUT2D eigenvalue weighted by molar-refractivity contribution is 5.91. The molecule has 7 nitrogen and oxygen atoms in total. The first-order valence-corrected chi connectivity index (χ1v) is 8.01. The Hall–Kier alpha value is -2.02. The molecule has 1 aromatic rings. The maximum absolute atomic E-state index is 12.0. The standard InChI is InChI=1S/C16H25N3O4/c1-17-15(20)14-8-7-13(23-14)11-18-16(21)19(2)9-3-5-12-6-4-10-22-12/h7-8,12H,3-6,9-11H2,1-2H3,(H,17,20)(H,18,21). The van der Waals surface area contributed by atoms with Crippen LogP contribution in [-0.2, 0) is 11.3 Å². The number of hydrogen-bond donors (Lipinski definition) is 2. The molecule has 0 saturated carbocycles. The van der Waals surface area contributed by atoms with E-state index in [1.165, 1.54) is 7.05 Å². The molecule has 2 heterocycles. The summed E-state index contributed by atoms with van der Waals surface area (Å²) in [6.45, 7) is 1.81. The minimum atomic E-state index is -0.283. The van der Waals surface area contributed by atoms with Crippen LogP contribution in [-0.4, -0.2) is 50.2 Å². The number of ether oxygens (including phenoxy) is 1. The fourth-order valence-corrected chi connectivity index (χ4v) is 2.55. The number of furan rings is 1. The highest BCUT2D eigenvalue weighted by Crippen LogP contribution is 2.16. The van der Waals surface area contributed by atoms with Crippen LogP contribution in [0.2, 0.25) is 0 Å². The van der Waals surface area contributed by atoms with Gasteiger partial charge >= 0.3 is 6.03 Å². The lowest BCUT2D eigenvalue weighted by atomic mass is 10.1. The van der Waals surface area contributed by atoms with Gasteiger partial charge in [-0.25, -0.2) is 4.79 Å². The van der Waals surface area contributed by atoms with Crippen LogP contribution >= 0.6 is 0 Å². The first-order valence-electron chi connectivity index (χ1n) is 8.01. The van der Waals surface area contributed by atoms with Gasteiger partial charge < -0.3 is 24.7 Å². The lowest BCUT2D eigenvalue weighted by Gasteiger charge is -2.18. The molecule has 1 saturated heterocycles. The number of rotatable bonds is 7. The molecule has 2 rings (SSSR count). The van der Waals surface area contributed by atoms with Gasteiger partial charge in [-0.1, -0.05) is 0 Å². The molecule has 128 valence electrons. The van der Waals surface area contributed by atoms with E-state index in [0.717, 1.165) is 32.3 Å². The monoisotopic (exact) mass is 323 g/mol. The Morgan fingerprint density at radius 3 is 2.91 bits per heavy atom. The number of nitrogens with zero attached hydrogens (tertiary/aromatic N) is 1. The predicted molar refractivity (Wildman–Crippen MR) is 85.2 cm³/mol. The van der Waals surface area contributed by atoms with Gasteiger partial charge in [0.15, 0.2) is 5.76 Å². The molecule has 2 N–H and O–H groups in total. The van der Waals surface area contributed by atoms with Crippen LogP contribution in [0.3, 0.4) is 0 Å². The first-order chi connectivity index (χ1) is 11.1. The molecule has 1 atom stereocenters. The van der Waals surface area contributed by atoms with Crippen molar-refractivity contribution in [1.29, 1.82) is 0 Å². The van der Waals surface area contributed by atoms with E-state index in [0.29, 0.717) is 18.4 Å². The molecule has 0 spiro atoms. The third-order valence-electron chi connectivity index (χ3n) is 3.92. The highest BCUT2D eigenvalue weighted by atomic mass is 16.5. The van der Waals surface area contributed by atoms with Gasteiger partial charge in [0.05, 0.1) is 12.6 Å². The molecule has 0 aromatic carbocycles. The predicted octanol–water partition coefficient (Wildman–Crippen LogP) is 1.74. The summed E-state index contributed by atoms with van der Waals surface area (Å²) < 4.78 is 10.9. The van der Waals surface area contributed by atoms with Crippen LogP contribution in [0, 0.1) is 0 Å². The van der Waals surface area contributed by atoms with Crippen molar-refractivity contribution in [3.63, 3.8) is 0 Å². The SMILES string of the molecule is CNC(=O)c1ccc(CNC(=O)N(C)CCCC2CCCO2)o1. The summed E-state index contributed by atoms with van der Waals surface area (Å²) in [5.74, 6) is 0.500. The molecule has 1 aliphatic heterocycles. The summed E-state index contributed by atoms with van der Waals surface area (Å²) in [6, 6.07) is 3.11. The number of hydrogen-bond acceptors (Lipinski definition) is 4. The Labute approximate surface area is 136 Å². The Kier molecular flexibility index (Phi) is 6.46. The van der Waals surface area contributed by atoms with E-state index in [-0.39, 0.29) is 24.2 Å². The number of carbonyl (C=O) groups is 2. The van der Waals surface area contributed by atoms with Crippen molar-refractivity contribution in [1.82, 2.24) is 15.5 Å². The van der Waals surface area contributed by atoms with E-state index in [4.69, 9.17) is 9.15 Å².